The number of nitrogens with one attached hydrogen (secondary N) is 2. The fraction of sp³-hybridized carbons (Fsp3) is 0.579. The van der Waals surface area contributed by atoms with E-state index < -0.39 is 17.6 Å². The number of carbonyl (C=O) groups is 2. The Kier molecular flexibility index (Phi) is 5.11. The summed E-state index contributed by atoms with van der Waals surface area (Å²) < 4.78 is 11.7. The lowest BCUT2D eigenvalue weighted by Gasteiger charge is -2.21. The van der Waals surface area contributed by atoms with Crippen molar-refractivity contribution in [2.45, 2.75) is 58.3 Å². The topological polar surface area (TPSA) is 76.7 Å². The molecular weight excluding hydrogens is 320 g/mol. The predicted octanol–water partition coefficient (Wildman–Crippen LogP) is 2.35. The van der Waals surface area contributed by atoms with Gasteiger partial charge in [-0.2, -0.15) is 0 Å². The van der Waals surface area contributed by atoms with E-state index in [0.717, 1.165) is 42.4 Å². The summed E-state index contributed by atoms with van der Waals surface area (Å²) in [7, 11) is 0. The maximum absolute atomic E-state index is 12.2. The molecule has 1 aliphatic carbocycles. The average molecular weight is 346 g/mol. The fourth-order valence-corrected chi connectivity index (χ4v) is 3.73. The second-order valence-electron chi connectivity index (χ2n) is 7.11. The maximum atomic E-state index is 12.2. The van der Waals surface area contributed by atoms with Crippen LogP contribution in [0.1, 0.15) is 42.4 Å². The summed E-state index contributed by atoms with van der Waals surface area (Å²) in [6.45, 7) is 6.56. The molecule has 2 N–H and O–H groups in total. The van der Waals surface area contributed by atoms with Crippen LogP contribution in [0.4, 0.5) is 5.69 Å². The molecule has 1 saturated heterocycles. The summed E-state index contributed by atoms with van der Waals surface area (Å²) in [5.41, 5.74) is 3.69. The summed E-state index contributed by atoms with van der Waals surface area (Å²) >= 11 is 0. The molecule has 2 amide bonds. The molecule has 2 aliphatic rings. The van der Waals surface area contributed by atoms with Crippen molar-refractivity contribution in [3.8, 4) is 0 Å². The lowest BCUT2D eigenvalue weighted by atomic mass is 10.1. The van der Waals surface area contributed by atoms with Gasteiger partial charge in [0.2, 0.25) is 0 Å². The van der Waals surface area contributed by atoms with Crippen LogP contribution in [0, 0.1) is 20.8 Å². The molecule has 1 aromatic carbocycles. The third kappa shape index (κ3) is 4.02. The summed E-state index contributed by atoms with van der Waals surface area (Å²) in [6, 6.07) is 3.95. The lowest BCUT2D eigenvalue weighted by molar-refractivity contribution is -0.161. The van der Waals surface area contributed by atoms with E-state index in [1.54, 1.807) is 0 Å². The van der Waals surface area contributed by atoms with Gasteiger partial charge in [-0.25, -0.2) is 0 Å². The van der Waals surface area contributed by atoms with E-state index in [-0.39, 0.29) is 12.6 Å². The van der Waals surface area contributed by atoms with Gasteiger partial charge in [0.05, 0.1) is 6.61 Å². The highest BCUT2D eigenvalue weighted by molar-refractivity contribution is 6.39. The van der Waals surface area contributed by atoms with Crippen LogP contribution in [0.25, 0.3) is 0 Å². The van der Waals surface area contributed by atoms with Crippen LogP contribution >= 0.6 is 0 Å². The Morgan fingerprint density at radius 3 is 2.40 bits per heavy atom. The van der Waals surface area contributed by atoms with Gasteiger partial charge in [-0.3, -0.25) is 9.59 Å². The van der Waals surface area contributed by atoms with E-state index in [2.05, 4.69) is 10.6 Å². The van der Waals surface area contributed by atoms with E-state index >= 15 is 0 Å². The molecule has 1 spiro atoms. The number of hydrogen-bond donors (Lipinski definition) is 2. The van der Waals surface area contributed by atoms with E-state index in [9.17, 15) is 9.59 Å². The second kappa shape index (κ2) is 7.14. The Labute approximate surface area is 148 Å². The highest BCUT2D eigenvalue weighted by atomic mass is 16.7. The lowest BCUT2D eigenvalue weighted by Crippen LogP contribution is -2.41. The third-order valence-electron chi connectivity index (χ3n) is 4.89. The molecule has 1 saturated carbocycles. The molecule has 2 fully saturated rings. The summed E-state index contributed by atoms with van der Waals surface area (Å²) in [4.78, 5) is 24.2. The second-order valence-corrected chi connectivity index (χ2v) is 7.11. The maximum Gasteiger partial charge on any atom is 0.313 e. The van der Waals surface area contributed by atoms with E-state index in [4.69, 9.17) is 9.47 Å². The number of benzene rings is 1. The molecule has 1 aliphatic heterocycles. The predicted molar refractivity (Wildman–Crippen MR) is 94.3 cm³/mol. The molecule has 1 aromatic rings. The van der Waals surface area contributed by atoms with Crippen molar-refractivity contribution in [1.29, 1.82) is 0 Å². The van der Waals surface area contributed by atoms with Gasteiger partial charge >= 0.3 is 11.8 Å². The van der Waals surface area contributed by atoms with Crippen LogP contribution in [0.2, 0.25) is 0 Å². The van der Waals surface area contributed by atoms with Gasteiger partial charge in [-0.05, 0) is 44.7 Å². The number of rotatable bonds is 3. The average Bonchev–Trinajstić information content (AvgIpc) is 3.18. The van der Waals surface area contributed by atoms with Crippen molar-refractivity contribution < 1.29 is 19.1 Å². The molecule has 1 heterocycles. The minimum Gasteiger partial charge on any atom is -0.347 e. The highest BCUT2D eigenvalue weighted by Crippen LogP contribution is 2.38. The van der Waals surface area contributed by atoms with E-state index in [1.165, 1.54) is 0 Å². The first-order valence-corrected chi connectivity index (χ1v) is 8.87. The largest absolute Gasteiger partial charge is 0.347 e. The Hall–Kier alpha value is -1.92. The first kappa shape index (κ1) is 17.9. The molecule has 0 unspecified atom stereocenters. The number of anilines is 1. The molecule has 0 radical (unpaired) electrons. The van der Waals surface area contributed by atoms with Gasteiger partial charge in [0, 0.05) is 25.1 Å². The molecule has 1 atom stereocenters. The third-order valence-corrected chi connectivity index (χ3v) is 4.89. The zero-order valence-electron chi connectivity index (χ0n) is 15.1. The highest BCUT2D eigenvalue weighted by Gasteiger charge is 2.43. The van der Waals surface area contributed by atoms with E-state index in [1.807, 2.05) is 32.9 Å². The standard InChI is InChI=1S/C19H26N2O4/c1-12-8-13(2)16(14(3)9-12)21-18(23)17(22)20-10-15-11-24-19(25-15)6-4-5-7-19/h8-9,15H,4-7,10-11H2,1-3H3,(H,20,22)(H,21,23)/t15-/m0/s1. The van der Waals surface area contributed by atoms with Crippen molar-refractivity contribution in [2.24, 2.45) is 0 Å². The molecule has 25 heavy (non-hydrogen) atoms. The molecule has 3 rings (SSSR count). The van der Waals surface area contributed by atoms with Crippen LogP contribution in [-0.4, -0.2) is 36.9 Å². The number of hydrogen-bond acceptors (Lipinski definition) is 4. The summed E-state index contributed by atoms with van der Waals surface area (Å²) in [5.74, 6) is -1.77. The Balaban J connectivity index is 1.51. The normalized spacial score (nSPS) is 21.5. The molecule has 136 valence electrons. The zero-order valence-corrected chi connectivity index (χ0v) is 15.1. The Morgan fingerprint density at radius 2 is 1.76 bits per heavy atom. The number of aryl methyl sites for hydroxylation is 3. The van der Waals surface area contributed by atoms with Gasteiger partial charge < -0.3 is 20.1 Å². The van der Waals surface area contributed by atoms with Gasteiger partial charge in [-0.15, -0.1) is 0 Å². The molecule has 6 heteroatoms. The van der Waals surface area contributed by atoms with Crippen molar-refractivity contribution in [2.75, 3.05) is 18.5 Å². The van der Waals surface area contributed by atoms with Crippen LogP contribution in [0.15, 0.2) is 12.1 Å². The van der Waals surface area contributed by atoms with Crippen LogP contribution in [0.5, 0.6) is 0 Å². The first-order valence-electron chi connectivity index (χ1n) is 8.87. The van der Waals surface area contributed by atoms with Gasteiger partial charge in [0.15, 0.2) is 5.79 Å². The van der Waals surface area contributed by atoms with Crippen molar-refractivity contribution in [1.82, 2.24) is 5.32 Å². The van der Waals surface area contributed by atoms with Gasteiger partial charge in [-0.1, -0.05) is 17.7 Å². The van der Waals surface area contributed by atoms with Crippen molar-refractivity contribution >= 4 is 17.5 Å². The number of carbonyl (C=O) groups excluding carboxylic acids is 2. The summed E-state index contributed by atoms with van der Waals surface area (Å²) in [5, 5.41) is 5.35. The summed E-state index contributed by atoms with van der Waals surface area (Å²) in [6.07, 6.45) is 3.83. The number of ether oxygens (including phenoxy) is 2. The monoisotopic (exact) mass is 346 g/mol. The minimum atomic E-state index is -0.662. The van der Waals surface area contributed by atoms with Crippen LogP contribution in [-0.2, 0) is 19.1 Å². The zero-order chi connectivity index (χ0) is 18.0. The van der Waals surface area contributed by atoms with Gasteiger partial charge in [0.25, 0.3) is 0 Å². The van der Waals surface area contributed by atoms with Crippen molar-refractivity contribution in [3.63, 3.8) is 0 Å². The molecular formula is C19H26N2O4. The van der Waals surface area contributed by atoms with Crippen LogP contribution < -0.4 is 10.6 Å². The molecule has 6 nitrogen and oxygen atoms in total. The number of amides is 2. The SMILES string of the molecule is Cc1cc(C)c(NC(=O)C(=O)NC[C@H]2COC3(CCCC3)O2)c(C)c1. The Bertz CT molecular complexity index is 657. The fourth-order valence-electron chi connectivity index (χ4n) is 3.73. The Morgan fingerprint density at radius 1 is 1.12 bits per heavy atom. The minimum absolute atomic E-state index is 0.197. The first-order chi connectivity index (χ1) is 11.9. The van der Waals surface area contributed by atoms with Crippen molar-refractivity contribution in [3.05, 3.63) is 28.8 Å². The molecule has 0 aromatic heterocycles. The smallest absolute Gasteiger partial charge is 0.313 e. The van der Waals surface area contributed by atoms with Crippen LogP contribution in [0.3, 0.4) is 0 Å². The van der Waals surface area contributed by atoms with Gasteiger partial charge in [0.1, 0.15) is 6.10 Å². The molecule has 0 bridgehead atoms. The quantitative estimate of drug-likeness (QED) is 0.824. The van der Waals surface area contributed by atoms with E-state index in [0.29, 0.717) is 12.3 Å².